The zero-order valence-electron chi connectivity index (χ0n) is 23.9. The van der Waals surface area contributed by atoms with Crippen molar-refractivity contribution in [2.45, 2.75) is 39.2 Å². The van der Waals surface area contributed by atoms with E-state index in [1.54, 1.807) is 0 Å². The largest absolute Gasteiger partial charge is 0.334 e. The van der Waals surface area contributed by atoms with Crippen molar-refractivity contribution in [3.63, 3.8) is 0 Å². The summed E-state index contributed by atoms with van der Waals surface area (Å²) in [5.74, 6) is 0.325. The highest BCUT2D eigenvalue weighted by molar-refractivity contribution is 5.85. The van der Waals surface area contributed by atoms with Crippen molar-refractivity contribution >= 4 is 11.3 Å². The molecule has 0 aliphatic heterocycles. The van der Waals surface area contributed by atoms with Crippen LogP contribution in [0.4, 0.5) is 5.69 Å². The van der Waals surface area contributed by atoms with Gasteiger partial charge in [-0.05, 0) is 83.9 Å². The number of hydrogen-bond acceptors (Lipinski definition) is 1. The van der Waals surface area contributed by atoms with Crippen LogP contribution in [-0.2, 0) is 5.41 Å². The van der Waals surface area contributed by atoms with Crippen LogP contribution in [0.15, 0.2) is 145 Å². The van der Waals surface area contributed by atoms with E-state index in [9.17, 15) is 0 Å². The summed E-state index contributed by atoms with van der Waals surface area (Å²) in [6.07, 6.45) is 13.7. The van der Waals surface area contributed by atoms with Crippen LogP contribution in [0.25, 0.3) is 16.7 Å². The minimum absolute atomic E-state index is 0.194. The highest BCUT2D eigenvalue weighted by atomic mass is 15.2. The molecule has 0 amide bonds. The molecule has 0 saturated heterocycles. The Hall–Kier alpha value is -4.36. The van der Waals surface area contributed by atoms with Crippen LogP contribution >= 0.6 is 0 Å². The van der Waals surface area contributed by atoms with E-state index in [1.807, 2.05) is 0 Å². The van der Waals surface area contributed by atoms with E-state index in [0.717, 1.165) is 0 Å². The van der Waals surface area contributed by atoms with Gasteiger partial charge in [0.2, 0.25) is 0 Å². The molecule has 3 atom stereocenters. The Balaban J connectivity index is 1.48. The molecule has 40 heavy (non-hydrogen) atoms. The quantitative estimate of drug-likeness (QED) is 0.229. The lowest BCUT2D eigenvalue weighted by Crippen LogP contribution is -2.38. The summed E-state index contributed by atoms with van der Waals surface area (Å²) in [4.78, 5) is 2.52. The fourth-order valence-electron chi connectivity index (χ4n) is 6.65. The highest BCUT2D eigenvalue weighted by Gasteiger charge is 2.41. The first kappa shape index (κ1) is 25.9. The standard InChI is InChI=1S/C39H37N/c1-5-15-32(6-2)40(38-25-22-30(26-28(38)3)29-16-9-7-10-17-29)33-23-24-35-34-20-13-14-21-36(34)39(4,37(35)27-33)31-18-11-8-12-19-31/h5-28,38H,1-4H3/b15-5-,32-6+/t28?,38?,39-/m1/s1. The molecule has 0 saturated carbocycles. The number of nitrogens with zero attached hydrogens (tertiary/aromatic N) is 1. The average molecular weight is 520 g/mol. The highest BCUT2D eigenvalue weighted by Crippen LogP contribution is 2.53. The number of hydrogen-bond donors (Lipinski definition) is 0. The SMILES string of the molecule is C/C=C\C(=C/C)N(c1ccc2c(c1)[C@](C)(c1ccccc1)c1ccccc1-2)C1C=CC(c2ccccc2)=CC1C. The Morgan fingerprint density at radius 1 is 0.775 bits per heavy atom. The van der Waals surface area contributed by atoms with E-state index in [4.69, 9.17) is 0 Å². The zero-order valence-corrected chi connectivity index (χ0v) is 23.9. The number of anilines is 1. The van der Waals surface area contributed by atoms with E-state index >= 15 is 0 Å². The Labute approximate surface area is 239 Å². The van der Waals surface area contributed by atoms with Crippen molar-refractivity contribution in [1.29, 1.82) is 0 Å². The lowest BCUT2D eigenvalue weighted by molar-refractivity contribution is 0.599. The topological polar surface area (TPSA) is 3.24 Å². The van der Waals surface area contributed by atoms with Crippen LogP contribution in [0.1, 0.15) is 49.9 Å². The molecular weight excluding hydrogens is 482 g/mol. The van der Waals surface area contributed by atoms with Crippen molar-refractivity contribution in [2.24, 2.45) is 5.92 Å². The fraction of sp³-hybridized carbons (Fsp3) is 0.179. The maximum atomic E-state index is 2.52. The van der Waals surface area contributed by atoms with Crippen LogP contribution in [-0.4, -0.2) is 6.04 Å². The van der Waals surface area contributed by atoms with Gasteiger partial charge in [0, 0.05) is 16.8 Å². The van der Waals surface area contributed by atoms with Gasteiger partial charge in [0.15, 0.2) is 0 Å². The molecule has 2 aliphatic rings. The molecule has 1 nitrogen and oxygen atoms in total. The predicted octanol–water partition coefficient (Wildman–Crippen LogP) is 9.97. The van der Waals surface area contributed by atoms with E-state index in [-0.39, 0.29) is 11.5 Å². The smallest absolute Gasteiger partial charge is 0.0585 e. The summed E-state index contributed by atoms with van der Waals surface area (Å²) in [7, 11) is 0. The summed E-state index contributed by atoms with van der Waals surface area (Å²) >= 11 is 0. The maximum absolute atomic E-state index is 2.52. The lowest BCUT2D eigenvalue weighted by atomic mass is 9.74. The Kier molecular flexibility index (Phi) is 6.90. The molecule has 0 aromatic heterocycles. The van der Waals surface area contributed by atoms with Gasteiger partial charge < -0.3 is 4.90 Å². The second kappa shape index (κ2) is 10.7. The molecule has 0 bridgehead atoms. The van der Waals surface area contributed by atoms with Gasteiger partial charge >= 0.3 is 0 Å². The molecule has 6 rings (SSSR count). The normalized spacial score (nSPS) is 21.7. The van der Waals surface area contributed by atoms with Crippen molar-refractivity contribution < 1.29 is 0 Å². The molecule has 198 valence electrons. The average Bonchev–Trinajstić information content (AvgIpc) is 3.27. The summed E-state index contributed by atoms with van der Waals surface area (Å²) in [6.45, 7) is 8.97. The molecular formula is C39H37N. The van der Waals surface area contributed by atoms with Gasteiger partial charge in [-0.1, -0.05) is 128 Å². The van der Waals surface area contributed by atoms with Gasteiger partial charge in [-0.15, -0.1) is 0 Å². The number of rotatable bonds is 6. The third kappa shape index (κ3) is 4.27. The van der Waals surface area contributed by atoms with Crippen LogP contribution in [0.3, 0.4) is 0 Å². The van der Waals surface area contributed by atoms with Crippen molar-refractivity contribution in [2.75, 3.05) is 4.90 Å². The third-order valence-corrected chi connectivity index (χ3v) is 8.70. The molecule has 4 aromatic rings. The Bertz CT molecular complexity index is 1640. The molecule has 2 aliphatic carbocycles. The molecule has 2 unspecified atom stereocenters. The fourth-order valence-corrected chi connectivity index (χ4v) is 6.65. The third-order valence-electron chi connectivity index (χ3n) is 8.70. The van der Waals surface area contributed by atoms with Gasteiger partial charge in [-0.3, -0.25) is 0 Å². The van der Waals surface area contributed by atoms with Gasteiger partial charge in [0.05, 0.1) is 6.04 Å². The van der Waals surface area contributed by atoms with Gasteiger partial charge in [-0.2, -0.15) is 0 Å². The minimum atomic E-state index is -0.222. The molecule has 0 heterocycles. The van der Waals surface area contributed by atoms with E-state index in [1.165, 1.54) is 50.3 Å². The second-order valence-electron chi connectivity index (χ2n) is 11.0. The molecule has 0 radical (unpaired) electrons. The number of fused-ring (bicyclic) bond motifs is 3. The van der Waals surface area contributed by atoms with Gasteiger partial charge in [0.25, 0.3) is 0 Å². The lowest BCUT2D eigenvalue weighted by Gasteiger charge is -2.38. The minimum Gasteiger partial charge on any atom is -0.334 e. The van der Waals surface area contributed by atoms with Crippen molar-refractivity contribution in [3.05, 3.63) is 168 Å². The molecule has 4 aromatic carbocycles. The monoisotopic (exact) mass is 519 g/mol. The molecule has 0 N–H and O–H groups in total. The predicted molar refractivity (Wildman–Crippen MR) is 171 cm³/mol. The number of benzene rings is 4. The first-order valence-corrected chi connectivity index (χ1v) is 14.4. The molecule has 0 fully saturated rings. The summed E-state index contributed by atoms with van der Waals surface area (Å²) in [5.41, 5.74) is 11.5. The van der Waals surface area contributed by atoms with E-state index in [0.29, 0.717) is 5.92 Å². The summed E-state index contributed by atoms with van der Waals surface area (Å²) < 4.78 is 0. The van der Waals surface area contributed by atoms with Crippen LogP contribution < -0.4 is 4.90 Å². The molecule has 1 heteroatoms. The zero-order chi connectivity index (χ0) is 27.7. The maximum Gasteiger partial charge on any atom is 0.0585 e. The Morgan fingerprint density at radius 3 is 2.15 bits per heavy atom. The Morgan fingerprint density at radius 2 is 1.45 bits per heavy atom. The summed E-state index contributed by atoms with van der Waals surface area (Å²) in [5, 5.41) is 0. The van der Waals surface area contributed by atoms with Crippen LogP contribution in [0.2, 0.25) is 0 Å². The second-order valence-corrected chi connectivity index (χ2v) is 11.0. The van der Waals surface area contributed by atoms with Gasteiger partial charge in [-0.25, -0.2) is 0 Å². The van der Waals surface area contributed by atoms with Crippen LogP contribution in [0, 0.1) is 5.92 Å². The van der Waals surface area contributed by atoms with Gasteiger partial charge in [0.1, 0.15) is 0 Å². The summed E-state index contributed by atoms with van der Waals surface area (Å²) in [6, 6.07) is 37.9. The number of allylic oxidation sites excluding steroid dienone is 5. The van der Waals surface area contributed by atoms with Crippen molar-refractivity contribution in [3.8, 4) is 11.1 Å². The van der Waals surface area contributed by atoms with Crippen LogP contribution in [0.5, 0.6) is 0 Å². The molecule has 0 spiro atoms. The van der Waals surface area contributed by atoms with E-state index in [2.05, 4.69) is 172 Å². The first-order chi connectivity index (χ1) is 19.6. The van der Waals surface area contributed by atoms with Crippen molar-refractivity contribution in [1.82, 2.24) is 0 Å². The van der Waals surface area contributed by atoms with E-state index < -0.39 is 0 Å². The first-order valence-electron chi connectivity index (χ1n) is 14.4.